The highest BCUT2D eigenvalue weighted by atomic mass is 35.5. The lowest BCUT2D eigenvalue weighted by Gasteiger charge is -2.21. The van der Waals surface area contributed by atoms with Crippen LogP contribution in [0.5, 0.6) is 0 Å². The van der Waals surface area contributed by atoms with E-state index in [4.69, 9.17) is 0 Å². The number of thiazole rings is 1. The molecule has 0 N–H and O–H groups in total. The van der Waals surface area contributed by atoms with E-state index >= 15 is 0 Å². The van der Waals surface area contributed by atoms with E-state index in [1.807, 2.05) is 45.3 Å². The third kappa shape index (κ3) is 6.67. The predicted molar refractivity (Wildman–Crippen MR) is 124 cm³/mol. The molecule has 0 spiro atoms. The summed E-state index contributed by atoms with van der Waals surface area (Å²) in [6, 6.07) is 12.7. The first-order chi connectivity index (χ1) is 13.4. The van der Waals surface area contributed by atoms with Crippen LogP contribution in [0, 0.1) is 12.7 Å². The number of carbonyl (C=O) groups is 1. The van der Waals surface area contributed by atoms with Crippen molar-refractivity contribution in [1.82, 2.24) is 9.88 Å². The van der Waals surface area contributed by atoms with Gasteiger partial charge in [-0.15, -0.1) is 24.2 Å². The van der Waals surface area contributed by atoms with Gasteiger partial charge in [0, 0.05) is 11.4 Å². The van der Waals surface area contributed by atoms with Crippen molar-refractivity contribution >= 4 is 56.8 Å². The molecular weight excluding hydrogens is 429 g/mol. The number of aromatic nitrogens is 1. The monoisotopic (exact) mass is 453 g/mol. The number of anilines is 1. The number of amides is 1. The lowest BCUT2D eigenvalue weighted by Crippen LogP contribution is -2.34. The molecule has 0 aliphatic rings. The molecule has 3 aromatic rings. The fraction of sp³-hybridized carbons (Fsp3) is 0.333. The Morgan fingerprint density at radius 2 is 1.86 bits per heavy atom. The zero-order chi connectivity index (χ0) is 20.1. The largest absolute Gasteiger partial charge is 0.309 e. The number of hydrogen-bond acceptors (Lipinski definition) is 5. The molecule has 1 heterocycles. The van der Waals surface area contributed by atoms with Gasteiger partial charge in [0.05, 0.1) is 16.0 Å². The van der Waals surface area contributed by atoms with Crippen molar-refractivity contribution < 1.29 is 9.18 Å². The molecule has 29 heavy (non-hydrogen) atoms. The van der Waals surface area contributed by atoms with Gasteiger partial charge in [-0.2, -0.15) is 0 Å². The summed E-state index contributed by atoms with van der Waals surface area (Å²) in [6.07, 6.45) is 0.845. The van der Waals surface area contributed by atoms with Crippen molar-refractivity contribution in [3.8, 4) is 0 Å². The zero-order valence-electron chi connectivity index (χ0n) is 16.7. The first kappa shape index (κ1) is 23.6. The van der Waals surface area contributed by atoms with Crippen LogP contribution in [0.15, 0.2) is 47.4 Å². The second-order valence-electron chi connectivity index (χ2n) is 6.91. The van der Waals surface area contributed by atoms with E-state index in [0.717, 1.165) is 28.1 Å². The number of rotatable bonds is 8. The minimum atomic E-state index is -0.289. The minimum absolute atomic E-state index is 0. The number of benzene rings is 2. The zero-order valence-corrected chi connectivity index (χ0v) is 19.2. The number of hydrogen-bond donors (Lipinski definition) is 0. The van der Waals surface area contributed by atoms with E-state index in [1.165, 1.54) is 40.8 Å². The Labute approximate surface area is 185 Å². The Morgan fingerprint density at radius 3 is 2.55 bits per heavy atom. The molecule has 3 rings (SSSR count). The molecule has 0 fully saturated rings. The molecule has 0 radical (unpaired) electrons. The standard InChI is InChI=1S/C21H24FN3OS2.ClH/c1-15-5-8-17(9-6-15)27-14-20(26)25(12-4-11-24(2)3)21-23-18-10-7-16(22)13-19(18)28-21;/h5-10,13H,4,11-12,14H2,1-3H3;1H. The van der Waals surface area contributed by atoms with Crippen molar-refractivity contribution in [2.75, 3.05) is 37.8 Å². The van der Waals surface area contributed by atoms with Gasteiger partial charge >= 0.3 is 0 Å². The summed E-state index contributed by atoms with van der Waals surface area (Å²) in [5.74, 6) is 0.0712. The van der Waals surface area contributed by atoms with Gasteiger partial charge in [-0.3, -0.25) is 9.69 Å². The third-order valence-corrected chi connectivity index (χ3v) is 6.28. The maximum Gasteiger partial charge on any atom is 0.239 e. The fourth-order valence-corrected chi connectivity index (χ4v) is 4.54. The first-order valence-electron chi connectivity index (χ1n) is 9.13. The molecule has 8 heteroatoms. The van der Waals surface area contributed by atoms with Gasteiger partial charge < -0.3 is 4.90 Å². The third-order valence-electron chi connectivity index (χ3n) is 4.24. The van der Waals surface area contributed by atoms with Crippen molar-refractivity contribution in [1.29, 1.82) is 0 Å². The number of carbonyl (C=O) groups excluding carboxylic acids is 1. The number of thioether (sulfide) groups is 1. The van der Waals surface area contributed by atoms with E-state index in [-0.39, 0.29) is 24.1 Å². The molecule has 0 aliphatic heterocycles. The first-order valence-corrected chi connectivity index (χ1v) is 10.9. The Morgan fingerprint density at radius 1 is 1.14 bits per heavy atom. The molecule has 1 amide bonds. The van der Waals surface area contributed by atoms with Crippen LogP contribution >= 0.6 is 35.5 Å². The quantitative estimate of drug-likeness (QED) is 0.437. The topological polar surface area (TPSA) is 36.4 Å². The fourth-order valence-electron chi connectivity index (χ4n) is 2.73. The van der Waals surface area contributed by atoms with E-state index in [1.54, 1.807) is 11.0 Å². The molecule has 2 aromatic carbocycles. The average Bonchev–Trinajstić information content (AvgIpc) is 3.07. The highest BCUT2D eigenvalue weighted by molar-refractivity contribution is 8.00. The minimum Gasteiger partial charge on any atom is -0.309 e. The van der Waals surface area contributed by atoms with Crippen LogP contribution in [0.25, 0.3) is 10.2 Å². The van der Waals surface area contributed by atoms with E-state index in [0.29, 0.717) is 17.4 Å². The highest BCUT2D eigenvalue weighted by Gasteiger charge is 2.20. The SMILES string of the molecule is Cc1ccc(SCC(=O)N(CCCN(C)C)c2nc3ccc(F)cc3s2)cc1.Cl. The van der Waals surface area contributed by atoms with Crippen molar-refractivity contribution in [3.63, 3.8) is 0 Å². The van der Waals surface area contributed by atoms with E-state index < -0.39 is 0 Å². The van der Waals surface area contributed by atoms with Crippen LogP contribution in [0.1, 0.15) is 12.0 Å². The van der Waals surface area contributed by atoms with Crippen molar-refractivity contribution in [3.05, 3.63) is 53.8 Å². The number of nitrogens with zero attached hydrogens (tertiary/aromatic N) is 3. The Kier molecular flexibility index (Phi) is 8.89. The van der Waals surface area contributed by atoms with Crippen molar-refractivity contribution in [2.24, 2.45) is 0 Å². The van der Waals surface area contributed by atoms with Crippen LogP contribution in [0.3, 0.4) is 0 Å². The van der Waals surface area contributed by atoms with Crippen LogP contribution in [0.2, 0.25) is 0 Å². The Balaban J connectivity index is 0.00000300. The number of fused-ring (bicyclic) bond motifs is 1. The molecule has 0 atom stereocenters. The highest BCUT2D eigenvalue weighted by Crippen LogP contribution is 2.30. The summed E-state index contributed by atoms with van der Waals surface area (Å²) >= 11 is 2.89. The Bertz CT molecular complexity index is 947. The maximum absolute atomic E-state index is 13.5. The summed E-state index contributed by atoms with van der Waals surface area (Å²) in [7, 11) is 4.03. The lowest BCUT2D eigenvalue weighted by atomic mass is 10.2. The van der Waals surface area contributed by atoms with Gasteiger partial charge in [0.25, 0.3) is 0 Å². The van der Waals surface area contributed by atoms with Gasteiger partial charge in [0.15, 0.2) is 5.13 Å². The summed E-state index contributed by atoms with van der Waals surface area (Å²) in [5.41, 5.74) is 1.92. The summed E-state index contributed by atoms with van der Waals surface area (Å²) < 4.78 is 14.3. The molecule has 0 aliphatic carbocycles. The molecular formula is C21H25ClFN3OS2. The van der Waals surface area contributed by atoms with Gasteiger partial charge in [-0.05, 0) is 64.3 Å². The average molecular weight is 454 g/mol. The molecule has 0 saturated carbocycles. The van der Waals surface area contributed by atoms with Crippen LogP contribution in [-0.4, -0.2) is 48.7 Å². The number of aryl methyl sites for hydroxylation is 1. The molecule has 4 nitrogen and oxygen atoms in total. The van der Waals surface area contributed by atoms with Crippen LogP contribution in [-0.2, 0) is 4.79 Å². The molecule has 0 unspecified atom stereocenters. The van der Waals surface area contributed by atoms with Crippen LogP contribution < -0.4 is 4.90 Å². The maximum atomic E-state index is 13.5. The van der Waals surface area contributed by atoms with E-state index in [9.17, 15) is 9.18 Å². The summed E-state index contributed by atoms with van der Waals surface area (Å²) in [4.78, 5) is 22.5. The summed E-state index contributed by atoms with van der Waals surface area (Å²) in [5, 5.41) is 0.633. The number of halogens is 2. The van der Waals surface area contributed by atoms with Gasteiger partial charge in [-0.25, -0.2) is 9.37 Å². The molecule has 0 bridgehead atoms. The lowest BCUT2D eigenvalue weighted by molar-refractivity contribution is -0.116. The van der Waals surface area contributed by atoms with Crippen LogP contribution in [0.4, 0.5) is 9.52 Å². The van der Waals surface area contributed by atoms with Gasteiger partial charge in [0.1, 0.15) is 5.82 Å². The predicted octanol–water partition coefficient (Wildman–Crippen LogP) is 5.24. The molecule has 1 aromatic heterocycles. The molecule has 156 valence electrons. The van der Waals surface area contributed by atoms with Gasteiger partial charge in [-0.1, -0.05) is 29.0 Å². The van der Waals surface area contributed by atoms with E-state index in [2.05, 4.69) is 9.88 Å². The molecule has 0 saturated heterocycles. The second kappa shape index (κ2) is 10.9. The normalized spacial score (nSPS) is 10.9. The Hall–Kier alpha value is -1.67. The van der Waals surface area contributed by atoms with Gasteiger partial charge in [0.2, 0.25) is 5.91 Å². The smallest absolute Gasteiger partial charge is 0.239 e. The summed E-state index contributed by atoms with van der Waals surface area (Å²) in [6.45, 7) is 3.52. The second-order valence-corrected chi connectivity index (χ2v) is 8.97. The van der Waals surface area contributed by atoms with Crippen molar-refractivity contribution in [2.45, 2.75) is 18.2 Å².